The number of hydrogen-bond donors (Lipinski definition) is 1. The summed E-state index contributed by atoms with van der Waals surface area (Å²) in [4.78, 5) is 13.7. The van der Waals surface area contributed by atoms with Crippen molar-refractivity contribution < 1.29 is 19.0 Å². The summed E-state index contributed by atoms with van der Waals surface area (Å²) >= 11 is 0. The molecule has 1 fully saturated rings. The van der Waals surface area contributed by atoms with Crippen molar-refractivity contribution in [1.29, 1.82) is 5.26 Å². The third-order valence-electron chi connectivity index (χ3n) is 7.34. The average Bonchev–Trinajstić information content (AvgIpc) is 3.26. The summed E-state index contributed by atoms with van der Waals surface area (Å²) in [6, 6.07) is 16.1. The number of aromatic nitrogens is 1. The number of nitriles is 1. The van der Waals surface area contributed by atoms with Crippen LogP contribution in [-0.4, -0.2) is 29.2 Å². The minimum absolute atomic E-state index is 0.0235. The van der Waals surface area contributed by atoms with Crippen molar-refractivity contribution in [3.8, 4) is 28.5 Å². The highest BCUT2D eigenvalue weighted by Crippen LogP contribution is 2.37. The van der Waals surface area contributed by atoms with E-state index in [2.05, 4.69) is 0 Å². The van der Waals surface area contributed by atoms with E-state index in [-0.39, 0.29) is 24.5 Å². The van der Waals surface area contributed by atoms with E-state index in [9.17, 15) is 19.6 Å². The lowest BCUT2D eigenvalue weighted by Gasteiger charge is -2.19. The van der Waals surface area contributed by atoms with Gasteiger partial charge in [-0.2, -0.15) is 5.26 Å². The number of aliphatic hydroxyl groups is 1. The van der Waals surface area contributed by atoms with Crippen molar-refractivity contribution in [3.05, 3.63) is 71.2 Å². The molecule has 0 atom stereocenters. The molecule has 3 aromatic rings. The molecule has 1 aliphatic rings. The first-order chi connectivity index (χ1) is 18.0. The first-order valence-corrected chi connectivity index (χ1v) is 13.2. The van der Waals surface area contributed by atoms with Crippen LogP contribution in [0, 0.1) is 23.1 Å². The number of hydrogen-bond acceptors (Lipinski definition) is 4. The van der Waals surface area contributed by atoms with Crippen molar-refractivity contribution in [2.75, 3.05) is 13.7 Å². The Morgan fingerprint density at radius 2 is 1.73 bits per heavy atom. The molecule has 0 radical (unpaired) electrons. The van der Waals surface area contributed by atoms with Gasteiger partial charge in [-0.1, -0.05) is 75.3 Å². The topological polar surface area (TPSA) is 75.2 Å². The Labute approximate surface area is 218 Å². The molecule has 37 heavy (non-hydrogen) atoms. The fourth-order valence-corrected chi connectivity index (χ4v) is 5.45. The van der Waals surface area contributed by atoms with Crippen LogP contribution in [-0.2, 0) is 17.9 Å². The molecule has 0 spiro atoms. The lowest BCUT2D eigenvalue weighted by atomic mass is 9.87. The minimum Gasteiger partial charge on any atom is -0.395 e. The van der Waals surface area contributed by atoms with Gasteiger partial charge in [0.1, 0.15) is 11.9 Å². The molecule has 0 unspecified atom stereocenters. The molecular formula is C31H35FN2O3. The van der Waals surface area contributed by atoms with E-state index in [1.54, 1.807) is 13.2 Å². The summed E-state index contributed by atoms with van der Waals surface area (Å²) < 4.78 is 21.8. The third-order valence-corrected chi connectivity index (χ3v) is 7.34. The van der Waals surface area contributed by atoms with Gasteiger partial charge in [0, 0.05) is 25.6 Å². The Balaban J connectivity index is 1.80. The molecule has 0 amide bonds. The number of benzene rings is 2. The van der Waals surface area contributed by atoms with Crippen LogP contribution in [0.5, 0.6) is 0 Å². The number of halogens is 1. The molecule has 4 rings (SSSR count). The summed E-state index contributed by atoms with van der Waals surface area (Å²) in [5, 5.41) is 19.1. The van der Waals surface area contributed by atoms with E-state index in [0.717, 1.165) is 42.5 Å². The minimum atomic E-state index is -0.598. The molecule has 2 aromatic carbocycles. The van der Waals surface area contributed by atoms with Crippen LogP contribution in [0.2, 0.25) is 0 Å². The molecule has 5 nitrogen and oxygen atoms in total. The second-order valence-corrected chi connectivity index (χ2v) is 9.94. The summed E-state index contributed by atoms with van der Waals surface area (Å²) in [6.07, 6.45) is 8.64. The maximum atomic E-state index is 14.7. The zero-order valence-corrected chi connectivity index (χ0v) is 21.5. The van der Waals surface area contributed by atoms with Crippen molar-refractivity contribution in [3.63, 3.8) is 0 Å². The van der Waals surface area contributed by atoms with Gasteiger partial charge in [0.2, 0.25) is 0 Å². The lowest BCUT2D eigenvalue weighted by Crippen LogP contribution is -2.16. The van der Waals surface area contributed by atoms with E-state index >= 15 is 0 Å². The highest BCUT2D eigenvalue weighted by atomic mass is 19.1. The SMILES string of the molecule is COCc1ccc(-c2c(-c3ccc(C#N)c(F)c3)cc(C(=O)CC3CCCCCCC3)n2CCO)cc1. The lowest BCUT2D eigenvalue weighted by molar-refractivity contribution is 0.0943. The number of ketones is 1. The van der Waals surface area contributed by atoms with Gasteiger partial charge < -0.3 is 14.4 Å². The molecule has 1 saturated carbocycles. The van der Waals surface area contributed by atoms with E-state index in [1.165, 1.54) is 31.4 Å². The van der Waals surface area contributed by atoms with E-state index in [4.69, 9.17) is 4.74 Å². The number of aliphatic hydroxyl groups excluding tert-OH is 1. The third kappa shape index (κ3) is 6.36. The molecule has 1 aliphatic carbocycles. The Morgan fingerprint density at radius 1 is 1.05 bits per heavy atom. The van der Waals surface area contributed by atoms with Gasteiger partial charge in [-0.25, -0.2) is 4.39 Å². The maximum absolute atomic E-state index is 14.7. The molecule has 0 aliphatic heterocycles. The number of carbonyl (C=O) groups is 1. The molecule has 1 N–H and O–H groups in total. The summed E-state index contributed by atoms with van der Waals surface area (Å²) in [5.74, 6) is -0.187. The van der Waals surface area contributed by atoms with Crippen molar-refractivity contribution >= 4 is 5.78 Å². The fraction of sp³-hybridized carbons (Fsp3) is 0.419. The second kappa shape index (κ2) is 12.8. The van der Waals surface area contributed by atoms with Gasteiger partial charge in [-0.05, 0) is 40.8 Å². The van der Waals surface area contributed by atoms with Gasteiger partial charge in [0.25, 0.3) is 0 Å². The van der Waals surface area contributed by atoms with Gasteiger partial charge in [0.15, 0.2) is 5.78 Å². The van der Waals surface area contributed by atoms with Crippen LogP contribution in [0.3, 0.4) is 0 Å². The molecule has 6 heteroatoms. The van der Waals surface area contributed by atoms with Crippen molar-refractivity contribution in [2.24, 2.45) is 5.92 Å². The number of Topliss-reactive ketones (excluding diaryl/α,β-unsaturated/α-hetero) is 1. The van der Waals surface area contributed by atoms with Gasteiger partial charge >= 0.3 is 0 Å². The molecule has 1 aromatic heterocycles. The fourth-order valence-electron chi connectivity index (χ4n) is 5.45. The molecule has 0 saturated heterocycles. The van der Waals surface area contributed by atoms with Crippen molar-refractivity contribution in [1.82, 2.24) is 4.57 Å². The van der Waals surface area contributed by atoms with Crippen LogP contribution >= 0.6 is 0 Å². The first-order valence-electron chi connectivity index (χ1n) is 13.2. The monoisotopic (exact) mass is 502 g/mol. The Kier molecular flexibility index (Phi) is 9.27. The predicted molar refractivity (Wildman–Crippen MR) is 143 cm³/mol. The normalized spacial score (nSPS) is 14.6. The highest BCUT2D eigenvalue weighted by molar-refractivity contribution is 5.99. The van der Waals surface area contributed by atoms with E-state index in [1.807, 2.05) is 41.0 Å². The quantitative estimate of drug-likeness (QED) is 0.323. The van der Waals surface area contributed by atoms with Crippen LogP contribution in [0.25, 0.3) is 22.4 Å². The number of nitrogens with zero attached hydrogens (tertiary/aromatic N) is 2. The second-order valence-electron chi connectivity index (χ2n) is 9.94. The highest BCUT2D eigenvalue weighted by Gasteiger charge is 2.25. The summed E-state index contributed by atoms with van der Waals surface area (Å²) in [7, 11) is 1.64. The van der Waals surface area contributed by atoms with Crippen LogP contribution in [0.4, 0.5) is 4.39 Å². The zero-order valence-electron chi connectivity index (χ0n) is 21.5. The van der Waals surface area contributed by atoms with Crippen LogP contribution < -0.4 is 0 Å². The summed E-state index contributed by atoms with van der Waals surface area (Å²) in [5.41, 5.74) is 4.43. The Bertz CT molecular complexity index is 1250. The number of methoxy groups -OCH3 is 1. The van der Waals surface area contributed by atoms with Crippen LogP contribution in [0.1, 0.15) is 73.0 Å². The van der Waals surface area contributed by atoms with Gasteiger partial charge in [-0.3, -0.25) is 4.79 Å². The largest absolute Gasteiger partial charge is 0.395 e. The standard InChI is InChI=1S/C31H35FN2O3/c1-37-21-23-9-11-24(12-10-23)31-27(25-13-14-26(20-33)28(32)18-25)19-29(34(31)15-16-35)30(36)17-22-7-5-3-2-4-6-8-22/h9-14,18-19,22,35H,2-8,15-17,21H2,1H3. The number of rotatable bonds is 9. The van der Waals surface area contributed by atoms with Crippen molar-refractivity contribution in [2.45, 2.75) is 64.5 Å². The molecule has 194 valence electrons. The number of ether oxygens (including phenoxy) is 1. The first kappa shape index (κ1) is 26.8. The van der Waals surface area contributed by atoms with Crippen LogP contribution in [0.15, 0.2) is 48.5 Å². The predicted octanol–water partition coefficient (Wildman–Crippen LogP) is 6.90. The van der Waals surface area contributed by atoms with Gasteiger partial charge in [-0.15, -0.1) is 0 Å². The molecule has 1 heterocycles. The Morgan fingerprint density at radius 3 is 2.35 bits per heavy atom. The molecular weight excluding hydrogens is 467 g/mol. The average molecular weight is 503 g/mol. The Hall–Kier alpha value is -3.27. The van der Waals surface area contributed by atoms with E-state index in [0.29, 0.717) is 35.8 Å². The van der Waals surface area contributed by atoms with E-state index < -0.39 is 5.82 Å². The zero-order chi connectivity index (χ0) is 26.2. The summed E-state index contributed by atoms with van der Waals surface area (Å²) in [6.45, 7) is 0.602. The molecule has 0 bridgehead atoms. The van der Waals surface area contributed by atoms with Gasteiger partial charge in [0.05, 0.1) is 30.2 Å². The smallest absolute Gasteiger partial charge is 0.179 e. The maximum Gasteiger partial charge on any atom is 0.179 e. The number of carbonyl (C=O) groups excluding carboxylic acids is 1.